The van der Waals surface area contributed by atoms with Gasteiger partial charge < -0.3 is 14.8 Å². The molecule has 0 spiro atoms. The van der Waals surface area contributed by atoms with Gasteiger partial charge >= 0.3 is 5.97 Å². The van der Waals surface area contributed by atoms with E-state index in [1.807, 2.05) is 6.92 Å². The van der Waals surface area contributed by atoms with Crippen LogP contribution in [0.25, 0.3) is 0 Å². The number of nitrogens with one attached hydrogen (secondary N) is 1. The Labute approximate surface area is 94.5 Å². The lowest BCUT2D eigenvalue weighted by Crippen LogP contribution is -2.35. The molecule has 1 saturated heterocycles. The molecular weight excluding hydrogens is 210 g/mol. The van der Waals surface area contributed by atoms with Crippen molar-refractivity contribution in [2.75, 3.05) is 13.2 Å². The first-order valence-electron chi connectivity index (χ1n) is 5.10. The minimum Gasteiger partial charge on any atom is -0.460 e. The Morgan fingerprint density at radius 2 is 2.56 bits per heavy atom. The molecule has 0 saturated carbocycles. The highest BCUT2D eigenvalue weighted by Gasteiger charge is 2.38. The molecule has 0 aromatic carbocycles. The van der Waals surface area contributed by atoms with Crippen LogP contribution in [-0.4, -0.2) is 37.2 Å². The highest BCUT2D eigenvalue weighted by molar-refractivity contribution is 5.74. The van der Waals surface area contributed by atoms with Crippen LogP contribution in [0.5, 0.6) is 0 Å². The van der Waals surface area contributed by atoms with E-state index in [0.717, 1.165) is 6.42 Å². The summed E-state index contributed by atoms with van der Waals surface area (Å²) < 4.78 is 10.5. The van der Waals surface area contributed by atoms with E-state index in [-0.39, 0.29) is 19.3 Å². The lowest BCUT2D eigenvalue weighted by Gasteiger charge is -2.22. The number of carbonyl (C=O) groups is 2. The second kappa shape index (κ2) is 5.52. The molecule has 1 aliphatic rings. The van der Waals surface area contributed by atoms with Gasteiger partial charge in [0.1, 0.15) is 13.2 Å². The molecule has 0 aromatic heterocycles. The number of esters is 1. The predicted molar refractivity (Wildman–Crippen MR) is 56.4 cm³/mol. The van der Waals surface area contributed by atoms with Crippen molar-refractivity contribution in [2.24, 2.45) is 0 Å². The molecule has 16 heavy (non-hydrogen) atoms. The van der Waals surface area contributed by atoms with Crippen molar-refractivity contribution < 1.29 is 19.1 Å². The van der Waals surface area contributed by atoms with Gasteiger partial charge in [-0.05, 0) is 19.8 Å². The number of amides is 1. The molecule has 2 unspecified atom stereocenters. The second-order valence-corrected chi connectivity index (χ2v) is 3.77. The Kier molecular flexibility index (Phi) is 4.32. The molecule has 1 N–H and O–H groups in total. The fourth-order valence-electron chi connectivity index (χ4n) is 1.57. The predicted octanol–water partition coefficient (Wildman–Crippen LogP) is -0.154. The zero-order valence-electron chi connectivity index (χ0n) is 9.19. The molecule has 0 aromatic rings. The van der Waals surface area contributed by atoms with Crippen LogP contribution in [0, 0.1) is 12.3 Å². The lowest BCUT2D eigenvalue weighted by molar-refractivity contribution is -0.149. The lowest BCUT2D eigenvalue weighted by atomic mass is 10.0. The van der Waals surface area contributed by atoms with E-state index in [0.29, 0.717) is 12.8 Å². The highest BCUT2D eigenvalue weighted by Crippen LogP contribution is 2.29. The van der Waals surface area contributed by atoms with Gasteiger partial charge in [0.05, 0.1) is 6.10 Å². The molecule has 0 aliphatic carbocycles. The number of hydrogen-bond acceptors (Lipinski definition) is 4. The van der Waals surface area contributed by atoms with Crippen LogP contribution in [0.3, 0.4) is 0 Å². The summed E-state index contributed by atoms with van der Waals surface area (Å²) in [4.78, 5) is 21.1. The molecule has 1 fully saturated rings. The zero-order chi connectivity index (χ0) is 12.0. The van der Waals surface area contributed by atoms with Crippen molar-refractivity contribution in [1.82, 2.24) is 5.32 Å². The van der Waals surface area contributed by atoms with Gasteiger partial charge in [0, 0.05) is 0 Å². The molecule has 5 heteroatoms. The molecule has 1 amide bonds. The Morgan fingerprint density at radius 1 is 1.81 bits per heavy atom. The van der Waals surface area contributed by atoms with E-state index in [1.165, 1.54) is 0 Å². The summed E-state index contributed by atoms with van der Waals surface area (Å²) in [6, 6.07) is 0. The van der Waals surface area contributed by atoms with E-state index < -0.39 is 11.6 Å². The van der Waals surface area contributed by atoms with Crippen molar-refractivity contribution in [3.05, 3.63) is 0 Å². The maximum absolute atomic E-state index is 11.1. The molecule has 5 nitrogen and oxygen atoms in total. The second-order valence-electron chi connectivity index (χ2n) is 3.77. The quantitative estimate of drug-likeness (QED) is 0.401. The average Bonchev–Trinajstić information content (AvgIpc) is 2.66. The minimum atomic E-state index is -0.795. The molecular formula is C11H15NO4. The maximum atomic E-state index is 11.1. The van der Waals surface area contributed by atoms with E-state index in [4.69, 9.17) is 15.9 Å². The van der Waals surface area contributed by atoms with Crippen LogP contribution in [-0.2, 0) is 19.1 Å². The summed E-state index contributed by atoms with van der Waals surface area (Å²) in [5, 5.41) is 2.22. The van der Waals surface area contributed by atoms with Gasteiger partial charge in [0.15, 0.2) is 5.60 Å². The molecule has 1 rings (SSSR count). The summed E-state index contributed by atoms with van der Waals surface area (Å²) >= 11 is 0. The molecule has 1 heterocycles. The van der Waals surface area contributed by atoms with Gasteiger partial charge in [-0.3, -0.25) is 9.59 Å². The number of carbonyl (C=O) groups excluding carboxylic acids is 2. The Morgan fingerprint density at radius 3 is 3.06 bits per heavy atom. The van der Waals surface area contributed by atoms with Gasteiger partial charge in [0.25, 0.3) is 0 Å². The third-order valence-electron chi connectivity index (χ3n) is 2.44. The third-order valence-corrected chi connectivity index (χ3v) is 2.44. The zero-order valence-corrected chi connectivity index (χ0v) is 9.19. The van der Waals surface area contributed by atoms with Gasteiger partial charge in [-0.15, -0.1) is 6.42 Å². The SMILES string of the molecule is C#CC1(COC(=O)CNC=O)CCC(C)O1. The van der Waals surface area contributed by atoms with Gasteiger partial charge in [0.2, 0.25) is 6.41 Å². The number of hydrogen-bond donors (Lipinski definition) is 1. The molecule has 1 aliphatic heterocycles. The average molecular weight is 225 g/mol. The Hall–Kier alpha value is -1.54. The monoisotopic (exact) mass is 225 g/mol. The molecule has 88 valence electrons. The molecule has 0 bridgehead atoms. The topological polar surface area (TPSA) is 64.6 Å². The van der Waals surface area contributed by atoms with Crippen LogP contribution < -0.4 is 5.32 Å². The Bertz CT molecular complexity index is 310. The van der Waals surface area contributed by atoms with Crippen LogP contribution in [0.4, 0.5) is 0 Å². The minimum absolute atomic E-state index is 0.0349. The van der Waals surface area contributed by atoms with E-state index >= 15 is 0 Å². The summed E-state index contributed by atoms with van der Waals surface area (Å²) in [7, 11) is 0. The number of ether oxygens (including phenoxy) is 2. The first kappa shape index (κ1) is 12.5. The van der Waals surface area contributed by atoms with Crippen molar-refractivity contribution in [3.63, 3.8) is 0 Å². The fourth-order valence-corrected chi connectivity index (χ4v) is 1.57. The first-order chi connectivity index (χ1) is 7.62. The molecule has 0 radical (unpaired) electrons. The van der Waals surface area contributed by atoms with Crippen LogP contribution in [0.2, 0.25) is 0 Å². The van der Waals surface area contributed by atoms with Gasteiger partial charge in [-0.25, -0.2) is 0 Å². The van der Waals surface area contributed by atoms with Crippen molar-refractivity contribution in [3.8, 4) is 12.3 Å². The molecule has 2 atom stereocenters. The van der Waals surface area contributed by atoms with E-state index in [1.54, 1.807) is 0 Å². The summed E-state index contributed by atoms with van der Waals surface area (Å²) in [6.45, 7) is 1.81. The number of rotatable bonds is 5. The maximum Gasteiger partial charge on any atom is 0.325 e. The van der Waals surface area contributed by atoms with Gasteiger partial charge in [-0.1, -0.05) is 5.92 Å². The fraction of sp³-hybridized carbons (Fsp3) is 0.636. The van der Waals surface area contributed by atoms with E-state index in [2.05, 4.69) is 11.2 Å². The summed E-state index contributed by atoms with van der Waals surface area (Å²) in [5.74, 6) is 2.01. The standard InChI is InChI=1S/C11H15NO4/c1-3-11(5-4-9(2)16-11)7-15-10(14)6-12-8-13/h1,8-9H,4-7H2,2H3,(H,12,13). The largest absolute Gasteiger partial charge is 0.460 e. The van der Waals surface area contributed by atoms with E-state index in [9.17, 15) is 9.59 Å². The van der Waals surface area contributed by atoms with Crippen molar-refractivity contribution in [1.29, 1.82) is 0 Å². The summed E-state index contributed by atoms with van der Waals surface area (Å²) in [6.07, 6.45) is 7.44. The highest BCUT2D eigenvalue weighted by atomic mass is 16.6. The van der Waals surface area contributed by atoms with Crippen LogP contribution in [0.1, 0.15) is 19.8 Å². The normalized spacial score (nSPS) is 28.1. The third kappa shape index (κ3) is 3.24. The smallest absolute Gasteiger partial charge is 0.325 e. The van der Waals surface area contributed by atoms with Crippen molar-refractivity contribution >= 4 is 12.4 Å². The van der Waals surface area contributed by atoms with Crippen LogP contribution in [0.15, 0.2) is 0 Å². The van der Waals surface area contributed by atoms with Crippen LogP contribution >= 0.6 is 0 Å². The van der Waals surface area contributed by atoms with Gasteiger partial charge in [-0.2, -0.15) is 0 Å². The first-order valence-corrected chi connectivity index (χ1v) is 5.10. The van der Waals surface area contributed by atoms with Crippen molar-refractivity contribution in [2.45, 2.75) is 31.5 Å². The summed E-state index contributed by atoms with van der Waals surface area (Å²) in [5.41, 5.74) is -0.795. The Balaban J connectivity index is 2.38. The number of terminal acetylenes is 1.